The molecule has 2 amide bonds. The van der Waals surface area contributed by atoms with Crippen LogP contribution in [0.4, 0.5) is 9.18 Å². The fourth-order valence-corrected chi connectivity index (χ4v) is 3.27. The fraction of sp³-hybridized carbons (Fsp3) is 0.409. The topological polar surface area (TPSA) is 50.8 Å². The van der Waals surface area contributed by atoms with E-state index in [-0.39, 0.29) is 18.0 Å². The van der Waals surface area contributed by atoms with Crippen molar-refractivity contribution in [2.45, 2.75) is 32.3 Å². The SMILES string of the molecule is CCN(CC1COc2ccccc2O1)C(=O)NCC(C)(C)c1ccccc1F. The van der Waals surface area contributed by atoms with Gasteiger partial charge in [0.05, 0.1) is 6.54 Å². The number of hydrogen-bond donors (Lipinski definition) is 1. The molecule has 0 fully saturated rings. The van der Waals surface area contributed by atoms with Crippen LogP contribution in [0.1, 0.15) is 26.3 Å². The summed E-state index contributed by atoms with van der Waals surface area (Å²) < 4.78 is 25.8. The van der Waals surface area contributed by atoms with E-state index < -0.39 is 5.41 Å². The van der Waals surface area contributed by atoms with Gasteiger partial charge < -0.3 is 19.7 Å². The summed E-state index contributed by atoms with van der Waals surface area (Å²) in [6.45, 7) is 7.41. The van der Waals surface area contributed by atoms with Crippen molar-refractivity contribution >= 4 is 6.03 Å². The van der Waals surface area contributed by atoms with Crippen molar-refractivity contribution in [3.63, 3.8) is 0 Å². The number of carbonyl (C=O) groups is 1. The van der Waals surface area contributed by atoms with Gasteiger partial charge in [0.2, 0.25) is 0 Å². The first kappa shape index (κ1) is 20.0. The molecule has 28 heavy (non-hydrogen) atoms. The van der Waals surface area contributed by atoms with Gasteiger partial charge in [-0.05, 0) is 30.7 Å². The van der Waals surface area contributed by atoms with Crippen LogP contribution in [0.5, 0.6) is 11.5 Å². The number of nitrogens with one attached hydrogen (secondary N) is 1. The van der Waals surface area contributed by atoms with Crippen LogP contribution in [-0.4, -0.2) is 43.3 Å². The van der Waals surface area contributed by atoms with Crippen LogP contribution in [0.3, 0.4) is 0 Å². The summed E-state index contributed by atoms with van der Waals surface area (Å²) in [6, 6.07) is 14.0. The quantitative estimate of drug-likeness (QED) is 0.817. The molecule has 5 nitrogen and oxygen atoms in total. The van der Waals surface area contributed by atoms with Gasteiger partial charge in [-0.25, -0.2) is 9.18 Å². The van der Waals surface area contributed by atoms with E-state index in [2.05, 4.69) is 5.32 Å². The first-order chi connectivity index (χ1) is 13.4. The Morgan fingerprint density at radius 1 is 1.18 bits per heavy atom. The van der Waals surface area contributed by atoms with Crippen molar-refractivity contribution in [1.29, 1.82) is 0 Å². The Kier molecular flexibility index (Phi) is 6.07. The predicted octanol–water partition coefficient (Wildman–Crippen LogP) is 3.97. The average Bonchev–Trinajstić information content (AvgIpc) is 2.70. The van der Waals surface area contributed by atoms with Crippen LogP contribution in [-0.2, 0) is 5.41 Å². The van der Waals surface area contributed by atoms with Gasteiger partial charge in [0.1, 0.15) is 12.4 Å². The van der Waals surface area contributed by atoms with Crippen LogP contribution >= 0.6 is 0 Å². The minimum atomic E-state index is -0.524. The molecule has 0 spiro atoms. The maximum absolute atomic E-state index is 14.1. The Morgan fingerprint density at radius 3 is 2.57 bits per heavy atom. The lowest BCUT2D eigenvalue weighted by Gasteiger charge is -2.32. The molecule has 1 aliphatic rings. The lowest BCUT2D eigenvalue weighted by molar-refractivity contribution is 0.0674. The number of para-hydroxylation sites is 2. The molecule has 150 valence electrons. The Balaban J connectivity index is 1.58. The van der Waals surface area contributed by atoms with E-state index in [0.717, 1.165) is 5.75 Å². The summed E-state index contributed by atoms with van der Waals surface area (Å²) in [5.74, 6) is 1.15. The Bertz CT molecular complexity index is 825. The van der Waals surface area contributed by atoms with Gasteiger partial charge in [-0.15, -0.1) is 0 Å². The van der Waals surface area contributed by atoms with E-state index in [9.17, 15) is 9.18 Å². The van der Waals surface area contributed by atoms with Crippen molar-refractivity contribution in [3.05, 3.63) is 59.9 Å². The Hall–Kier alpha value is -2.76. The second-order valence-corrected chi connectivity index (χ2v) is 7.56. The summed E-state index contributed by atoms with van der Waals surface area (Å²) in [5, 5.41) is 2.93. The monoisotopic (exact) mass is 386 g/mol. The number of benzene rings is 2. The maximum atomic E-state index is 14.1. The number of likely N-dealkylation sites (N-methyl/N-ethyl adjacent to an activating group) is 1. The molecule has 0 saturated carbocycles. The summed E-state index contributed by atoms with van der Waals surface area (Å²) in [4.78, 5) is 14.4. The Labute approximate surface area is 165 Å². The minimum absolute atomic E-state index is 0.200. The zero-order chi connectivity index (χ0) is 20.1. The van der Waals surface area contributed by atoms with Crippen molar-refractivity contribution < 1.29 is 18.7 Å². The molecule has 2 aromatic carbocycles. The van der Waals surface area contributed by atoms with E-state index in [1.807, 2.05) is 45.0 Å². The largest absolute Gasteiger partial charge is 0.486 e. The zero-order valence-corrected chi connectivity index (χ0v) is 16.6. The normalized spacial score (nSPS) is 15.8. The number of amides is 2. The lowest BCUT2D eigenvalue weighted by Crippen LogP contribution is -2.49. The van der Waals surface area contributed by atoms with Gasteiger partial charge >= 0.3 is 6.03 Å². The Morgan fingerprint density at radius 2 is 1.86 bits per heavy atom. The number of nitrogens with zero attached hydrogens (tertiary/aromatic N) is 1. The highest BCUT2D eigenvalue weighted by atomic mass is 19.1. The van der Waals surface area contributed by atoms with Crippen molar-refractivity contribution in [1.82, 2.24) is 10.2 Å². The van der Waals surface area contributed by atoms with Crippen molar-refractivity contribution in [2.24, 2.45) is 0 Å². The average molecular weight is 386 g/mol. The number of halogens is 1. The summed E-state index contributed by atoms with van der Waals surface area (Å²) in [5.41, 5.74) is 0.0584. The molecule has 0 aliphatic carbocycles. The van der Waals surface area contributed by atoms with Gasteiger partial charge in [0.25, 0.3) is 0 Å². The van der Waals surface area contributed by atoms with Crippen molar-refractivity contribution in [3.8, 4) is 11.5 Å². The number of hydrogen-bond acceptors (Lipinski definition) is 3. The number of rotatable bonds is 6. The van der Waals surface area contributed by atoms with E-state index in [4.69, 9.17) is 9.47 Å². The number of ether oxygens (including phenoxy) is 2. The second-order valence-electron chi connectivity index (χ2n) is 7.56. The van der Waals surface area contributed by atoms with Crippen LogP contribution in [0, 0.1) is 5.82 Å². The predicted molar refractivity (Wildman–Crippen MR) is 106 cm³/mol. The van der Waals surface area contributed by atoms with E-state index in [1.165, 1.54) is 6.07 Å². The highest BCUT2D eigenvalue weighted by molar-refractivity contribution is 5.74. The highest BCUT2D eigenvalue weighted by Gasteiger charge is 2.28. The second kappa shape index (κ2) is 8.50. The smallest absolute Gasteiger partial charge is 0.317 e. The first-order valence-electron chi connectivity index (χ1n) is 9.57. The molecule has 1 atom stereocenters. The molecule has 2 aromatic rings. The van der Waals surface area contributed by atoms with E-state index in [1.54, 1.807) is 23.1 Å². The van der Waals surface area contributed by atoms with Crippen LogP contribution in [0.2, 0.25) is 0 Å². The highest BCUT2D eigenvalue weighted by Crippen LogP contribution is 2.31. The molecule has 1 aliphatic heterocycles. The van der Waals surface area contributed by atoms with E-state index >= 15 is 0 Å². The standard InChI is InChI=1S/C22H27FN2O3/c1-4-25(13-16-14-27-19-11-7-8-12-20(19)28-16)21(26)24-15-22(2,3)17-9-5-6-10-18(17)23/h5-12,16H,4,13-15H2,1-3H3,(H,24,26). The van der Waals surface area contributed by atoms with E-state index in [0.29, 0.717) is 37.6 Å². The van der Waals surface area contributed by atoms with Crippen LogP contribution in [0.25, 0.3) is 0 Å². The molecule has 1 N–H and O–H groups in total. The third-order valence-electron chi connectivity index (χ3n) is 4.95. The summed E-state index contributed by atoms with van der Waals surface area (Å²) in [7, 11) is 0. The van der Waals surface area contributed by atoms with Gasteiger partial charge in [0, 0.05) is 18.5 Å². The van der Waals surface area contributed by atoms with Crippen LogP contribution in [0.15, 0.2) is 48.5 Å². The number of carbonyl (C=O) groups excluding carboxylic acids is 1. The number of fused-ring (bicyclic) bond motifs is 1. The molecule has 0 radical (unpaired) electrons. The summed E-state index contributed by atoms with van der Waals surface area (Å²) in [6.07, 6.45) is -0.236. The van der Waals surface area contributed by atoms with Gasteiger partial charge in [0.15, 0.2) is 17.6 Å². The maximum Gasteiger partial charge on any atom is 0.317 e. The van der Waals surface area contributed by atoms with Gasteiger partial charge in [-0.3, -0.25) is 0 Å². The fourth-order valence-electron chi connectivity index (χ4n) is 3.27. The molecule has 0 saturated heterocycles. The third-order valence-corrected chi connectivity index (χ3v) is 4.95. The van der Waals surface area contributed by atoms with Crippen LogP contribution < -0.4 is 14.8 Å². The summed E-state index contributed by atoms with van der Waals surface area (Å²) >= 11 is 0. The molecule has 1 unspecified atom stereocenters. The molecular formula is C22H27FN2O3. The lowest BCUT2D eigenvalue weighted by atomic mass is 9.84. The first-order valence-corrected chi connectivity index (χ1v) is 9.57. The molecule has 1 heterocycles. The molecule has 0 aromatic heterocycles. The third kappa shape index (κ3) is 4.55. The zero-order valence-electron chi connectivity index (χ0n) is 16.6. The molecular weight excluding hydrogens is 359 g/mol. The molecule has 6 heteroatoms. The van der Waals surface area contributed by atoms with Gasteiger partial charge in [-0.2, -0.15) is 0 Å². The molecule has 3 rings (SSSR count). The van der Waals surface area contributed by atoms with Crippen molar-refractivity contribution in [2.75, 3.05) is 26.2 Å². The van der Waals surface area contributed by atoms with Gasteiger partial charge in [-0.1, -0.05) is 44.2 Å². The molecule has 0 bridgehead atoms. The number of urea groups is 1. The minimum Gasteiger partial charge on any atom is -0.486 e.